The third-order valence-corrected chi connectivity index (χ3v) is 4.78. The molecule has 0 saturated carbocycles. The van der Waals surface area contributed by atoms with Crippen LogP contribution in [0.5, 0.6) is 11.5 Å². The molecule has 0 aliphatic heterocycles. The number of hydrogen-bond donors (Lipinski definition) is 1. The summed E-state index contributed by atoms with van der Waals surface area (Å²) in [4.78, 5) is 28.5. The van der Waals surface area contributed by atoms with Crippen LogP contribution in [0.3, 0.4) is 0 Å². The predicted octanol–water partition coefficient (Wildman–Crippen LogP) is 2.55. The molecule has 0 spiro atoms. The number of carbonyl (C=O) groups is 2. The van der Waals surface area contributed by atoms with E-state index in [9.17, 15) is 14.7 Å². The normalized spacial score (nSPS) is 11.5. The van der Waals surface area contributed by atoms with Crippen LogP contribution in [0.4, 0.5) is 0 Å². The molecule has 26 heavy (non-hydrogen) atoms. The van der Waals surface area contributed by atoms with Crippen LogP contribution in [-0.2, 0) is 11.3 Å². The van der Waals surface area contributed by atoms with Crippen molar-refractivity contribution in [2.75, 3.05) is 14.2 Å². The highest BCUT2D eigenvalue weighted by Gasteiger charge is 2.19. The molecular formula is C18H16N2O5S. The molecule has 8 heteroatoms. The predicted molar refractivity (Wildman–Crippen MR) is 96.9 cm³/mol. The van der Waals surface area contributed by atoms with Gasteiger partial charge in [0.05, 0.1) is 24.4 Å². The molecule has 0 bridgehead atoms. The molecule has 2 aromatic carbocycles. The number of nitrogens with zero attached hydrogens (tertiary/aromatic N) is 2. The van der Waals surface area contributed by atoms with Crippen LogP contribution in [0.15, 0.2) is 47.5 Å². The summed E-state index contributed by atoms with van der Waals surface area (Å²) >= 11 is 1.25. The number of amides is 1. The Morgan fingerprint density at radius 1 is 1.08 bits per heavy atom. The van der Waals surface area contributed by atoms with Crippen molar-refractivity contribution in [1.29, 1.82) is 0 Å². The van der Waals surface area contributed by atoms with E-state index in [0.29, 0.717) is 21.8 Å². The van der Waals surface area contributed by atoms with Crippen molar-refractivity contribution in [3.05, 3.63) is 52.8 Å². The van der Waals surface area contributed by atoms with Gasteiger partial charge in [0.25, 0.3) is 5.91 Å². The second-order valence-corrected chi connectivity index (χ2v) is 6.30. The van der Waals surface area contributed by atoms with Crippen molar-refractivity contribution in [2.24, 2.45) is 4.99 Å². The third kappa shape index (κ3) is 3.31. The lowest BCUT2D eigenvalue weighted by molar-refractivity contribution is -0.137. The van der Waals surface area contributed by atoms with Gasteiger partial charge in [-0.3, -0.25) is 9.59 Å². The largest absolute Gasteiger partial charge is 0.496 e. The van der Waals surface area contributed by atoms with Crippen LogP contribution in [0.1, 0.15) is 10.4 Å². The fourth-order valence-electron chi connectivity index (χ4n) is 2.60. The van der Waals surface area contributed by atoms with E-state index in [0.717, 1.165) is 4.70 Å². The van der Waals surface area contributed by atoms with Gasteiger partial charge in [-0.2, -0.15) is 4.99 Å². The minimum Gasteiger partial charge on any atom is -0.496 e. The molecular weight excluding hydrogens is 356 g/mol. The summed E-state index contributed by atoms with van der Waals surface area (Å²) in [5.74, 6) is -0.907. The number of carbonyl (C=O) groups excluding carboxylic acids is 1. The first-order chi connectivity index (χ1) is 12.5. The number of thiazole rings is 1. The number of carboxylic acid groups (broad SMARTS) is 1. The molecule has 1 amide bonds. The number of carboxylic acids is 1. The van der Waals surface area contributed by atoms with Crippen molar-refractivity contribution in [3.63, 3.8) is 0 Å². The van der Waals surface area contributed by atoms with E-state index in [4.69, 9.17) is 9.47 Å². The van der Waals surface area contributed by atoms with Gasteiger partial charge in [-0.1, -0.05) is 29.5 Å². The quantitative estimate of drug-likeness (QED) is 0.743. The smallest absolute Gasteiger partial charge is 0.323 e. The molecule has 3 aromatic rings. The Bertz CT molecular complexity index is 1030. The van der Waals surface area contributed by atoms with Crippen molar-refractivity contribution in [1.82, 2.24) is 4.57 Å². The van der Waals surface area contributed by atoms with E-state index >= 15 is 0 Å². The lowest BCUT2D eigenvalue weighted by Gasteiger charge is -2.09. The number of methoxy groups -OCH3 is 2. The molecule has 0 unspecified atom stereocenters. The van der Waals surface area contributed by atoms with Gasteiger partial charge in [-0.25, -0.2) is 0 Å². The Kier molecular flexibility index (Phi) is 5.04. The summed E-state index contributed by atoms with van der Waals surface area (Å²) in [7, 11) is 2.91. The van der Waals surface area contributed by atoms with Crippen LogP contribution >= 0.6 is 11.3 Å². The topological polar surface area (TPSA) is 90.1 Å². The van der Waals surface area contributed by atoms with Crippen molar-refractivity contribution >= 4 is 33.4 Å². The zero-order valence-corrected chi connectivity index (χ0v) is 14.9. The zero-order valence-electron chi connectivity index (χ0n) is 14.1. The summed E-state index contributed by atoms with van der Waals surface area (Å²) in [5.41, 5.74) is 0.898. The Labute approximate surface area is 152 Å². The SMILES string of the molecule is COc1cccc(OC)c1C(=O)/N=c1\sc2ccccc2n1CC(=O)O. The van der Waals surface area contributed by atoms with E-state index in [1.54, 1.807) is 24.3 Å². The average molecular weight is 372 g/mol. The minimum atomic E-state index is -1.02. The summed E-state index contributed by atoms with van der Waals surface area (Å²) in [6.45, 7) is -0.292. The lowest BCUT2D eigenvalue weighted by atomic mass is 10.1. The molecule has 1 N–H and O–H groups in total. The van der Waals surface area contributed by atoms with Crippen molar-refractivity contribution < 1.29 is 24.2 Å². The van der Waals surface area contributed by atoms with Crippen LogP contribution in [-0.4, -0.2) is 35.8 Å². The molecule has 3 rings (SSSR count). The molecule has 0 aliphatic rings. The fraction of sp³-hybridized carbons (Fsp3) is 0.167. The Morgan fingerprint density at radius 3 is 2.35 bits per heavy atom. The molecule has 0 fully saturated rings. The number of rotatable bonds is 5. The Balaban J connectivity index is 2.19. The first-order valence-electron chi connectivity index (χ1n) is 7.65. The van der Waals surface area contributed by atoms with E-state index in [1.807, 2.05) is 18.2 Å². The van der Waals surface area contributed by atoms with Gasteiger partial charge in [-0.05, 0) is 24.3 Å². The highest BCUT2D eigenvalue weighted by molar-refractivity contribution is 7.16. The van der Waals surface area contributed by atoms with Gasteiger partial charge in [0.1, 0.15) is 23.6 Å². The summed E-state index contributed by atoms with van der Waals surface area (Å²) in [5, 5.41) is 9.20. The van der Waals surface area contributed by atoms with E-state index in [-0.39, 0.29) is 12.1 Å². The first kappa shape index (κ1) is 17.7. The first-order valence-corrected chi connectivity index (χ1v) is 8.47. The van der Waals surface area contributed by atoms with Crippen LogP contribution < -0.4 is 14.3 Å². The molecule has 1 aromatic heterocycles. The molecule has 0 radical (unpaired) electrons. The van der Waals surface area contributed by atoms with Crippen molar-refractivity contribution in [3.8, 4) is 11.5 Å². The van der Waals surface area contributed by atoms with E-state index < -0.39 is 11.9 Å². The maximum absolute atomic E-state index is 12.8. The zero-order chi connectivity index (χ0) is 18.7. The number of ether oxygens (including phenoxy) is 2. The Hall–Kier alpha value is -3.13. The van der Waals surface area contributed by atoms with Crippen LogP contribution in [0, 0.1) is 0 Å². The van der Waals surface area contributed by atoms with Gasteiger partial charge in [-0.15, -0.1) is 0 Å². The molecule has 1 heterocycles. The number of aliphatic carboxylic acids is 1. The van der Waals surface area contributed by atoms with Crippen LogP contribution in [0.25, 0.3) is 10.2 Å². The summed E-state index contributed by atoms with van der Waals surface area (Å²) in [6.07, 6.45) is 0. The molecule has 7 nitrogen and oxygen atoms in total. The van der Waals surface area contributed by atoms with Crippen LogP contribution in [0.2, 0.25) is 0 Å². The standard InChI is InChI=1S/C18H16N2O5S/c1-24-12-7-5-8-13(25-2)16(12)17(23)19-18-20(10-15(21)22)11-6-3-4-9-14(11)26-18/h3-9H,10H2,1-2H3,(H,21,22)/b19-18-. The van der Waals surface area contributed by atoms with Gasteiger partial charge in [0.15, 0.2) is 4.80 Å². The summed E-state index contributed by atoms with van der Waals surface area (Å²) < 4.78 is 12.8. The molecule has 0 saturated heterocycles. The number of hydrogen-bond acceptors (Lipinski definition) is 5. The fourth-order valence-corrected chi connectivity index (χ4v) is 3.63. The molecule has 0 aliphatic carbocycles. The van der Waals surface area contributed by atoms with Gasteiger partial charge in [0, 0.05) is 0 Å². The highest BCUT2D eigenvalue weighted by Crippen LogP contribution is 2.29. The second-order valence-electron chi connectivity index (χ2n) is 5.29. The maximum Gasteiger partial charge on any atom is 0.323 e. The van der Waals surface area contributed by atoms with E-state index in [1.165, 1.54) is 30.1 Å². The third-order valence-electron chi connectivity index (χ3n) is 3.72. The number of aromatic nitrogens is 1. The highest BCUT2D eigenvalue weighted by atomic mass is 32.1. The summed E-state index contributed by atoms with van der Waals surface area (Å²) in [6, 6.07) is 12.3. The van der Waals surface area contributed by atoms with Gasteiger partial charge < -0.3 is 19.1 Å². The average Bonchev–Trinajstić information content (AvgIpc) is 2.97. The number of para-hydroxylation sites is 1. The Morgan fingerprint density at radius 2 is 1.73 bits per heavy atom. The molecule has 0 atom stereocenters. The maximum atomic E-state index is 12.8. The minimum absolute atomic E-state index is 0.192. The van der Waals surface area contributed by atoms with Gasteiger partial charge in [0.2, 0.25) is 0 Å². The lowest BCUT2D eigenvalue weighted by Crippen LogP contribution is -2.21. The van der Waals surface area contributed by atoms with E-state index in [2.05, 4.69) is 4.99 Å². The number of benzene rings is 2. The molecule has 134 valence electrons. The van der Waals surface area contributed by atoms with Crippen molar-refractivity contribution in [2.45, 2.75) is 6.54 Å². The van der Waals surface area contributed by atoms with Gasteiger partial charge >= 0.3 is 5.97 Å². The monoisotopic (exact) mass is 372 g/mol. The second kappa shape index (κ2) is 7.40. The number of fused-ring (bicyclic) bond motifs is 1.